The smallest absolute Gasteiger partial charge is 0.349 e. The van der Waals surface area contributed by atoms with Gasteiger partial charge in [0.1, 0.15) is 5.56 Å². The van der Waals surface area contributed by atoms with Crippen molar-refractivity contribution in [1.82, 2.24) is 9.80 Å². The normalized spacial score (nSPS) is 17.8. The van der Waals surface area contributed by atoms with E-state index in [1.54, 1.807) is 17.0 Å². The third-order valence-corrected chi connectivity index (χ3v) is 7.30. The van der Waals surface area contributed by atoms with Gasteiger partial charge in [0, 0.05) is 42.5 Å². The van der Waals surface area contributed by atoms with Crippen molar-refractivity contribution in [2.45, 2.75) is 31.8 Å². The molecule has 2 aliphatic rings. The maximum absolute atomic E-state index is 13.1. The molecule has 7 heteroatoms. The third kappa shape index (κ3) is 3.42. The molecular weight excluding hydrogens is 400 g/mol. The second kappa shape index (κ2) is 7.89. The fraction of sp³-hybridized carbons (Fsp3) is 0.391. The summed E-state index contributed by atoms with van der Waals surface area (Å²) >= 11 is 1.85. The highest BCUT2D eigenvalue weighted by atomic mass is 32.1. The van der Waals surface area contributed by atoms with Crippen LogP contribution >= 0.6 is 11.3 Å². The molecule has 5 rings (SSSR count). The monoisotopic (exact) mass is 424 g/mol. The Hall–Kier alpha value is -2.64. The average Bonchev–Trinajstić information content (AvgIpc) is 3.26. The van der Waals surface area contributed by atoms with Gasteiger partial charge in [-0.2, -0.15) is 0 Å². The molecule has 30 heavy (non-hydrogen) atoms. The molecule has 2 aromatic heterocycles. The standard InChI is InChI=1S/C23H24N2O4S/c1-28-19-4-2-3-15-13-18(23(27)29-21(15)19)22(26)24-9-5-17(6-10-24)25-11-7-20-16(14-25)8-12-30-20/h2-4,8,12-13,17H,5-7,9-11,14H2,1H3. The molecule has 0 radical (unpaired) electrons. The molecule has 1 fully saturated rings. The molecule has 0 unspecified atom stereocenters. The highest BCUT2D eigenvalue weighted by Gasteiger charge is 2.30. The van der Waals surface area contributed by atoms with Crippen LogP contribution in [-0.4, -0.2) is 48.5 Å². The number of amides is 1. The first-order valence-corrected chi connectivity index (χ1v) is 11.2. The second-order valence-electron chi connectivity index (χ2n) is 7.94. The number of methoxy groups -OCH3 is 1. The van der Waals surface area contributed by atoms with Gasteiger partial charge in [-0.25, -0.2) is 4.79 Å². The van der Waals surface area contributed by atoms with Crippen molar-refractivity contribution in [2.24, 2.45) is 0 Å². The molecule has 0 spiro atoms. The van der Waals surface area contributed by atoms with E-state index in [1.165, 1.54) is 17.6 Å². The molecule has 4 heterocycles. The van der Waals surface area contributed by atoms with Crippen LogP contribution in [-0.2, 0) is 13.0 Å². The number of carbonyl (C=O) groups is 1. The zero-order chi connectivity index (χ0) is 20.7. The van der Waals surface area contributed by atoms with Crippen molar-refractivity contribution in [2.75, 3.05) is 26.7 Å². The van der Waals surface area contributed by atoms with E-state index in [0.29, 0.717) is 35.9 Å². The number of carbonyl (C=O) groups excluding carboxylic acids is 1. The number of rotatable bonds is 3. The summed E-state index contributed by atoms with van der Waals surface area (Å²) in [6, 6.07) is 9.72. The second-order valence-corrected chi connectivity index (χ2v) is 8.94. The van der Waals surface area contributed by atoms with Gasteiger partial charge in [-0.05, 0) is 48.4 Å². The van der Waals surface area contributed by atoms with Crippen molar-refractivity contribution >= 4 is 28.2 Å². The van der Waals surface area contributed by atoms with Crippen LogP contribution in [0, 0.1) is 0 Å². The van der Waals surface area contributed by atoms with Crippen molar-refractivity contribution in [1.29, 1.82) is 0 Å². The molecule has 3 aromatic rings. The van der Waals surface area contributed by atoms with Gasteiger partial charge in [-0.1, -0.05) is 12.1 Å². The van der Waals surface area contributed by atoms with Crippen LogP contribution < -0.4 is 10.4 Å². The first-order valence-electron chi connectivity index (χ1n) is 10.3. The van der Waals surface area contributed by atoms with Crippen LogP contribution in [0.2, 0.25) is 0 Å². The summed E-state index contributed by atoms with van der Waals surface area (Å²) in [5.41, 5.74) is 1.31. The summed E-state index contributed by atoms with van der Waals surface area (Å²) in [5, 5.41) is 2.87. The predicted molar refractivity (Wildman–Crippen MR) is 116 cm³/mol. The Morgan fingerprint density at radius 2 is 2.03 bits per heavy atom. The summed E-state index contributed by atoms with van der Waals surface area (Å²) in [7, 11) is 1.53. The van der Waals surface area contributed by atoms with Gasteiger partial charge in [-0.3, -0.25) is 9.69 Å². The highest BCUT2D eigenvalue weighted by molar-refractivity contribution is 7.10. The summed E-state index contributed by atoms with van der Waals surface area (Å²) in [4.78, 5) is 31.4. The molecule has 1 aromatic carbocycles. The number of hydrogen-bond donors (Lipinski definition) is 0. The molecule has 0 aliphatic carbocycles. The summed E-state index contributed by atoms with van der Waals surface area (Å²) in [6.07, 6.45) is 2.98. The molecule has 1 saturated heterocycles. The molecule has 1 amide bonds. The van der Waals surface area contributed by atoms with Gasteiger partial charge in [0.2, 0.25) is 0 Å². The number of benzene rings is 1. The Bertz CT molecular complexity index is 1140. The zero-order valence-electron chi connectivity index (χ0n) is 16.9. The molecule has 0 atom stereocenters. The Morgan fingerprint density at radius 3 is 2.83 bits per heavy atom. The molecule has 2 aliphatic heterocycles. The lowest BCUT2D eigenvalue weighted by Gasteiger charge is -2.40. The van der Waals surface area contributed by atoms with Gasteiger partial charge in [0.05, 0.1) is 7.11 Å². The summed E-state index contributed by atoms with van der Waals surface area (Å²) in [5.74, 6) is 0.241. The minimum atomic E-state index is -0.611. The first-order chi connectivity index (χ1) is 14.6. The van der Waals surface area contributed by atoms with E-state index in [1.807, 2.05) is 23.5 Å². The van der Waals surface area contributed by atoms with Gasteiger partial charge in [0.25, 0.3) is 5.91 Å². The first kappa shape index (κ1) is 19.3. The number of piperidine rings is 1. The van der Waals surface area contributed by atoms with E-state index >= 15 is 0 Å². The van der Waals surface area contributed by atoms with E-state index < -0.39 is 5.63 Å². The van der Waals surface area contributed by atoms with Crippen LogP contribution in [0.15, 0.2) is 44.9 Å². The largest absolute Gasteiger partial charge is 0.493 e. The zero-order valence-corrected chi connectivity index (χ0v) is 17.7. The van der Waals surface area contributed by atoms with Crippen LogP contribution in [0.25, 0.3) is 11.0 Å². The molecule has 0 saturated carbocycles. The SMILES string of the molecule is COc1cccc2cc(C(=O)N3CCC(N4CCc5sccc5C4)CC3)c(=O)oc12. The number of thiophene rings is 1. The minimum Gasteiger partial charge on any atom is -0.493 e. The van der Waals surface area contributed by atoms with Gasteiger partial charge in [0.15, 0.2) is 11.3 Å². The van der Waals surface area contributed by atoms with Crippen molar-refractivity contribution in [3.05, 3.63) is 62.1 Å². The van der Waals surface area contributed by atoms with E-state index in [-0.39, 0.29) is 11.5 Å². The highest BCUT2D eigenvalue weighted by Crippen LogP contribution is 2.29. The number of para-hydroxylation sites is 1. The molecule has 0 bridgehead atoms. The van der Waals surface area contributed by atoms with E-state index in [4.69, 9.17) is 9.15 Å². The lowest BCUT2D eigenvalue weighted by atomic mass is 9.99. The number of ether oxygens (including phenoxy) is 1. The quantitative estimate of drug-likeness (QED) is 0.602. The lowest BCUT2D eigenvalue weighted by molar-refractivity contribution is 0.0597. The number of hydrogen-bond acceptors (Lipinski definition) is 6. The van der Waals surface area contributed by atoms with Crippen LogP contribution in [0.3, 0.4) is 0 Å². The summed E-state index contributed by atoms with van der Waals surface area (Å²) < 4.78 is 10.7. The number of nitrogens with zero attached hydrogens (tertiary/aromatic N) is 2. The Morgan fingerprint density at radius 1 is 1.20 bits per heavy atom. The van der Waals surface area contributed by atoms with E-state index in [0.717, 1.165) is 32.4 Å². The van der Waals surface area contributed by atoms with Crippen molar-refractivity contribution in [3.63, 3.8) is 0 Å². The van der Waals surface area contributed by atoms with Gasteiger partial charge in [-0.15, -0.1) is 11.3 Å². The fourth-order valence-corrected chi connectivity index (χ4v) is 5.50. The van der Waals surface area contributed by atoms with Gasteiger partial charge < -0.3 is 14.1 Å². The van der Waals surface area contributed by atoms with E-state index in [9.17, 15) is 9.59 Å². The minimum absolute atomic E-state index is 0.0927. The Labute approximate surface area is 178 Å². The Balaban J connectivity index is 1.29. The number of likely N-dealkylation sites (tertiary alicyclic amines) is 1. The molecule has 156 valence electrons. The van der Waals surface area contributed by atoms with Crippen LogP contribution in [0.5, 0.6) is 5.75 Å². The molecule has 0 N–H and O–H groups in total. The predicted octanol–water partition coefficient (Wildman–Crippen LogP) is 3.53. The van der Waals surface area contributed by atoms with Crippen LogP contribution in [0.1, 0.15) is 33.6 Å². The van der Waals surface area contributed by atoms with Crippen molar-refractivity contribution < 1.29 is 13.9 Å². The molecule has 6 nitrogen and oxygen atoms in total. The third-order valence-electron chi connectivity index (χ3n) is 6.28. The topological polar surface area (TPSA) is 63.0 Å². The van der Waals surface area contributed by atoms with Gasteiger partial charge >= 0.3 is 5.63 Å². The fourth-order valence-electron chi connectivity index (χ4n) is 4.61. The lowest BCUT2D eigenvalue weighted by Crippen LogP contribution is -2.48. The van der Waals surface area contributed by atoms with Crippen LogP contribution in [0.4, 0.5) is 0 Å². The van der Waals surface area contributed by atoms with Crippen molar-refractivity contribution in [3.8, 4) is 5.75 Å². The Kier molecular flexibility index (Phi) is 5.08. The number of fused-ring (bicyclic) bond motifs is 2. The maximum atomic E-state index is 13.1. The average molecular weight is 425 g/mol. The maximum Gasteiger partial charge on any atom is 0.349 e. The van der Waals surface area contributed by atoms with E-state index in [2.05, 4.69) is 16.3 Å². The summed E-state index contributed by atoms with van der Waals surface area (Å²) in [6.45, 7) is 3.41. The molecular formula is C23H24N2O4S.